The standard InChI is InChI=1S/C23H25FN4O5S/c1-16-6-11-19(14-20(16)34(31,32)27-12-4-2-3-5-13-27)25-21(29)15-28-23(30)33-22(26-28)17-7-9-18(24)10-8-17/h6-11,14H,2-5,12-13,15H2,1H3,(H,25,29). The van der Waals surface area contributed by atoms with Gasteiger partial charge in [0.1, 0.15) is 12.4 Å². The molecule has 2 heterocycles. The average Bonchev–Trinajstić information content (AvgIpc) is 2.99. The molecular weight excluding hydrogens is 463 g/mol. The van der Waals surface area contributed by atoms with E-state index in [1.54, 1.807) is 19.1 Å². The van der Waals surface area contributed by atoms with Crippen molar-refractivity contribution in [3.8, 4) is 11.5 Å². The molecule has 180 valence electrons. The van der Waals surface area contributed by atoms with Gasteiger partial charge in [0.2, 0.25) is 21.8 Å². The molecule has 0 bridgehead atoms. The topological polar surface area (TPSA) is 115 Å². The third-order valence-corrected chi connectivity index (χ3v) is 7.69. The fraction of sp³-hybridized carbons (Fsp3) is 0.348. The van der Waals surface area contributed by atoms with E-state index < -0.39 is 34.0 Å². The van der Waals surface area contributed by atoms with Crippen molar-refractivity contribution >= 4 is 21.6 Å². The van der Waals surface area contributed by atoms with E-state index in [1.807, 2.05) is 0 Å². The Hall–Kier alpha value is -3.31. The fourth-order valence-corrected chi connectivity index (χ4v) is 5.60. The molecule has 0 spiro atoms. The lowest BCUT2D eigenvalue weighted by molar-refractivity contribution is -0.117. The summed E-state index contributed by atoms with van der Waals surface area (Å²) in [4.78, 5) is 24.8. The number of amides is 1. The second-order valence-corrected chi connectivity index (χ2v) is 10.1. The maximum atomic E-state index is 13.2. The van der Waals surface area contributed by atoms with Crippen molar-refractivity contribution in [1.82, 2.24) is 14.1 Å². The van der Waals surface area contributed by atoms with E-state index in [0.717, 1.165) is 30.4 Å². The molecule has 2 aromatic carbocycles. The molecule has 0 saturated carbocycles. The Kier molecular flexibility index (Phi) is 6.94. The zero-order valence-electron chi connectivity index (χ0n) is 18.7. The van der Waals surface area contributed by atoms with Crippen LogP contribution in [0.5, 0.6) is 0 Å². The van der Waals surface area contributed by atoms with Gasteiger partial charge in [-0.2, -0.15) is 8.99 Å². The molecule has 1 aromatic heterocycles. The van der Waals surface area contributed by atoms with Gasteiger partial charge in [0, 0.05) is 24.3 Å². The van der Waals surface area contributed by atoms with Gasteiger partial charge in [-0.25, -0.2) is 17.6 Å². The Balaban J connectivity index is 1.50. The highest BCUT2D eigenvalue weighted by atomic mass is 32.2. The number of sulfonamides is 1. The Bertz CT molecular complexity index is 1340. The fourth-order valence-electron chi connectivity index (χ4n) is 3.83. The number of halogens is 1. The van der Waals surface area contributed by atoms with Gasteiger partial charge in [-0.15, -0.1) is 5.10 Å². The molecular formula is C23H25FN4O5S. The zero-order valence-corrected chi connectivity index (χ0v) is 19.5. The predicted molar refractivity (Wildman–Crippen MR) is 123 cm³/mol. The Morgan fingerprint density at radius 3 is 2.44 bits per heavy atom. The molecule has 34 heavy (non-hydrogen) atoms. The second-order valence-electron chi connectivity index (χ2n) is 8.18. The summed E-state index contributed by atoms with van der Waals surface area (Å²) in [6.07, 6.45) is 3.65. The number of hydrogen-bond donors (Lipinski definition) is 1. The molecule has 11 heteroatoms. The number of aromatic nitrogens is 2. The maximum absolute atomic E-state index is 13.2. The van der Waals surface area contributed by atoms with E-state index in [2.05, 4.69) is 10.4 Å². The van der Waals surface area contributed by atoms with E-state index >= 15 is 0 Å². The summed E-state index contributed by atoms with van der Waals surface area (Å²) in [5, 5.41) is 6.60. The van der Waals surface area contributed by atoms with Crippen LogP contribution in [0.25, 0.3) is 11.5 Å². The van der Waals surface area contributed by atoms with Crippen LogP contribution in [0, 0.1) is 12.7 Å². The smallest absolute Gasteiger partial charge is 0.388 e. The van der Waals surface area contributed by atoms with Gasteiger partial charge in [-0.3, -0.25) is 4.79 Å². The monoisotopic (exact) mass is 488 g/mol. The number of aryl methyl sites for hydroxylation is 1. The molecule has 9 nitrogen and oxygen atoms in total. The molecule has 1 aliphatic rings. The quantitative estimate of drug-likeness (QED) is 0.570. The molecule has 0 radical (unpaired) electrons. The van der Waals surface area contributed by atoms with Crippen molar-refractivity contribution in [3.05, 3.63) is 64.4 Å². The molecule has 3 aromatic rings. The minimum Gasteiger partial charge on any atom is -0.388 e. The van der Waals surface area contributed by atoms with Crippen molar-refractivity contribution in [2.45, 2.75) is 44.0 Å². The first-order chi connectivity index (χ1) is 16.2. The number of rotatable bonds is 6. The van der Waals surface area contributed by atoms with Gasteiger partial charge < -0.3 is 9.73 Å². The predicted octanol–water partition coefficient (Wildman–Crippen LogP) is 3.15. The third-order valence-electron chi connectivity index (χ3n) is 5.65. The highest BCUT2D eigenvalue weighted by Crippen LogP contribution is 2.26. The van der Waals surface area contributed by atoms with E-state index in [9.17, 15) is 22.4 Å². The van der Waals surface area contributed by atoms with Crippen molar-refractivity contribution in [3.63, 3.8) is 0 Å². The summed E-state index contributed by atoms with van der Waals surface area (Å²) < 4.78 is 46.9. The van der Waals surface area contributed by atoms with Crippen LogP contribution in [-0.4, -0.2) is 41.5 Å². The number of hydrogen-bond acceptors (Lipinski definition) is 6. The SMILES string of the molecule is Cc1ccc(NC(=O)Cn2nc(-c3ccc(F)cc3)oc2=O)cc1S(=O)(=O)N1CCCCCC1. The summed E-state index contributed by atoms with van der Waals surface area (Å²) in [6.45, 7) is 2.22. The Labute approximate surface area is 196 Å². The van der Waals surface area contributed by atoms with Crippen LogP contribution in [0.15, 0.2) is 56.6 Å². The Morgan fingerprint density at radius 2 is 1.76 bits per heavy atom. The summed E-state index contributed by atoms with van der Waals surface area (Å²) in [6, 6.07) is 9.89. The van der Waals surface area contributed by atoms with Gasteiger partial charge in [0.05, 0.1) is 4.90 Å². The lowest BCUT2D eigenvalue weighted by Crippen LogP contribution is -2.32. The summed E-state index contributed by atoms with van der Waals surface area (Å²) in [5.41, 5.74) is 1.26. The lowest BCUT2D eigenvalue weighted by Gasteiger charge is -2.21. The van der Waals surface area contributed by atoms with Gasteiger partial charge in [0.15, 0.2) is 0 Å². The van der Waals surface area contributed by atoms with Crippen molar-refractivity contribution < 1.29 is 22.0 Å². The number of nitrogens with one attached hydrogen (secondary N) is 1. The molecule has 4 rings (SSSR count). The van der Waals surface area contributed by atoms with Crippen LogP contribution >= 0.6 is 0 Å². The average molecular weight is 489 g/mol. The van der Waals surface area contributed by atoms with Crippen molar-refractivity contribution in [2.24, 2.45) is 0 Å². The van der Waals surface area contributed by atoms with Gasteiger partial charge in [-0.05, 0) is 61.7 Å². The number of nitrogens with zero attached hydrogens (tertiary/aromatic N) is 3. The maximum Gasteiger partial charge on any atom is 0.437 e. The summed E-state index contributed by atoms with van der Waals surface area (Å²) in [5.74, 6) is -1.91. The molecule has 1 fully saturated rings. The first-order valence-corrected chi connectivity index (χ1v) is 12.4. The molecule has 1 amide bonds. The van der Waals surface area contributed by atoms with Gasteiger partial charge in [0.25, 0.3) is 0 Å². The first kappa shape index (κ1) is 23.8. The molecule has 1 N–H and O–H groups in total. The number of carbonyl (C=O) groups is 1. The largest absolute Gasteiger partial charge is 0.437 e. The van der Waals surface area contributed by atoms with E-state index in [0.29, 0.717) is 29.9 Å². The van der Waals surface area contributed by atoms with E-state index in [1.165, 1.54) is 34.6 Å². The third kappa shape index (κ3) is 5.26. The molecule has 1 aliphatic heterocycles. The van der Waals surface area contributed by atoms with Crippen LogP contribution in [-0.2, 0) is 21.4 Å². The van der Waals surface area contributed by atoms with E-state index in [4.69, 9.17) is 4.42 Å². The van der Waals surface area contributed by atoms with Crippen LogP contribution < -0.4 is 11.1 Å². The number of carbonyl (C=O) groups excluding carboxylic acids is 1. The molecule has 1 saturated heterocycles. The first-order valence-electron chi connectivity index (χ1n) is 11.0. The van der Waals surface area contributed by atoms with Gasteiger partial charge in [-0.1, -0.05) is 18.9 Å². The number of benzene rings is 2. The minimum absolute atomic E-state index is 0.0426. The number of anilines is 1. The molecule has 0 atom stereocenters. The van der Waals surface area contributed by atoms with Crippen molar-refractivity contribution in [1.29, 1.82) is 0 Å². The zero-order chi connectivity index (χ0) is 24.3. The second kappa shape index (κ2) is 9.90. The van der Waals surface area contributed by atoms with E-state index in [-0.39, 0.29) is 10.8 Å². The minimum atomic E-state index is -3.70. The summed E-state index contributed by atoms with van der Waals surface area (Å²) >= 11 is 0. The van der Waals surface area contributed by atoms with Crippen LogP contribution in [0.3, 0.4) is 0 Å². The van der Waals surface area contributed by atoms with Crippen molar-refractivity contribution in [2.75, 3.05) is 18.4 Å². The van der Waals surface area contributed by atoms with Crippen LogP contribution in [0.1, 0.15) is 31.2 Å². The summed E-state index contributed by atoms with van der Waals surface area (Å²) in [7, 11) is -3.70. The normalized spacial score (nSPS) is 15.1. The Morgan fingerprint density at radius 1 is 1.09 bits per heavy atom. The van der Waals surface area contributed by atoms with Crippen LogP contribution in [0.4, 0.5) is 10.1 Å². The van der Waals surface area contributed by atoms with Gasteiger partial charge >= 0.3 is 5.76 Å². The highest BCUT2D eigenvalue weighted by molar-refractivity contribution is 7.89. The molecule has 0 aliphatic carbocycles. The molecule has 0 unspecified atom stereocenters. The highest BCUT2D eigenvalue weighted by Gasteiger charge is 2.27. The lowest BCUT2D eigenvalue weighted by atomic mass is 10.2. The van der Waals surface area contributed by atoms with Crippen LogP contribution in [0.2, 0.25) is 0 Å².